The molecular formula is C16H15NO3S. The molecule has 3 aromatic rings. The molecule has 0 aliphatic rings. The number of rotatable bonds is 6. The number of fused-ring (bicyclic) bond motifs is 1. The van der Waals surface area contributed by atoms with Gasteiger partial charge in [0.1, 0.15) is 0 Å². The Bertz CT molecular complexity index is 712. The van der Waals surface area contributed by atoms with Crippen molar-refractivity contribution in [2.24, 2.45) is 0 Å². The standard InChI is InChI=1S/C16H15NO3S/c18-11-10-14-12-13-6-4-5-9-16(13)17(14)21-20-19-15-7-2-1-3-8-15/h1-9,12,18H,10-11H2. The fraction of sp³-hybridized carbons (Fsp3) is 0.125. The second-order valence-corrected chi connectivity index (χ2v) is 5.15. The molecule has 1 heterocycles. The summed E-state index contributed by atoms with van der Waals surface area (Å²) in [6.45, 7) is 0.0937. The predicted octanol–water partition coefficient (Wildman–Crippen LogP) is 3.60. The van der Waals surface area contributed by atoms with Gasteiger partial charge in [-0.05, 0) is 24.3 Å². The fourth-order valence-corrected chi connectivity index (χ4v) is 2.78. The maximum atomic E-state index is 9.18. The Labute approximate surface area is 127 Å². The van der Waals surface area contributed by atoms with E-state index in [1.807, 2.05) is 64.6 Å². The van der Waals surface area contributed by atoms with E-state index in [9.17, 15) is 5.11 Å². The zero-order chi connectivity index (χ0) is 14.5. The summed E-state index contributed by atoms with van der Waals surface area (Å²) in [6, 6.07) is 19.4. The summed E-state index contributed by atoms with van der Waals surface area (Å²) in [5.74, 6) is 0.644. The molecule has 0 saturated carbocycles. The smallest absolute Gasteiger partial charge is 0.169 e. The first-order chi connectivity index (χ1) is 10.4. The van der Waals surface area contributed by atoms with Gasteiger partial charge in [0.25, 0.3) is 0 Å². The molecule has 0 amide bonds. The van der Waals surface area contributed by atoms with Gasteiger partial charge in [-0.1, -0.05) is 40.7 Å². The van der Waals surface area contributed by atoms with Crippen molar-refractivity contribution in [3.8, 4) is 5.75 Å². The maximum absolute atomic E-state index is 9.18. The van der Waals surface area contributed by atoms with Crippen LogP contribution in [0.15, 0.2) is 60.7 Å². The summed E-state index contributed by atoms with van der Waals surface area (Å²) >= 11 is 1.10. The molecule has 0 atom stereocenters. The SMILES string of the molecule is OCCc1cc2ccccc2n1SOOc1ccccc1. The minimum Gasteiger partial charge on any atom is -0.396 e. The first kappa shape index (κ1) is 14.0. The van der Waals surface area contributed by atoms with E-state index in [0.29, 0.717) is 12.2 Å². The molecule has 0 bridgehead atoms. The number of aliphatic hydroxyl groups is 1. The van der Waals surface area contributed by atoms with Crippen LogP contribution in [0.2, 0.25) is 0 Å². The van der Waals surface area contributed by atoms with E-state index in [-0.39, 0.29) is 6.61 Å². The average Bonchev–Trinajstić information content (AvgIpc) is 2.87. The van der Waals surface area contributed by atoms with E-state index in [1.54, 1.807) is 0 Å². The van der Waals surface area contributed by atoms with Crippen LogP contribution < -0.4 is 4.89 Å². The highest BCUT2D eigenvalue weighted by Gasteiger charge is 2.10. The van der Waals surface area contributed by atoms with Crippen LogP contribution in [0.1, 0.15) is 5.69 Å². The third kappa shape index (κ3) is 3.21. The average molecular weight is 301 g/mol. The number of para-hydroxylation sites is 2. The molecule has 108 valence electrons. The molecule has 5 heteroatoms. The highest BCUT2D eigenvalue weighted by atomic mass is 32.2. The van der Waals surface area contributed by atoms with Crippen LogP contribution in [0.25, 0.3) is 10.9 Å². The maximum Gasteiger partial charge on any atom is 0.169 e. The van der Waals surface area contributed by atoms with Crippen LogP contribution in [0.5, 0.6) is 5.75 Å². The Balaban J connectivity index is 1.77. The zero-order valence-electron chi connectivity index (χ0n) is 11.3. The molecular weight excluding hydrogens is 286 g/mol. The minimum atomic E-state index is 0.0937. The van der Waals surface area contributed by atoms with Crippen LogP contribution >= 0.6 is 12.2 Å². The first-order valence-corrected chi connectivity index (χ1v) is 7.35. The van der Waals surface area contributed by atoms with E-state index in [2.05, 4.69) is 0 Å². The molecule has 21 heavy (non-hydrogen) atoms. The van der Waals surface area contributed by atoms with Crippen LogP contribution in [-0.4, -0.2) is 15.7 Å². The Hall–Kier alpha value is -1.95. The van der Waals surface area contributed by atoms with Crippen LogP contribution in [0.4, 0.5) is 0 Å². The van der Waals surface area contributed by atoms with E-state index in [4.69, 9.17) is 9.22 Å². The van der Waals surface area contributed by atoms with E-state index in [1.165, 1.54) is 0 Å². The molecule has 2 aromatic carbocycles. The zero-order valence-corrected chi connectivity index (χ0v) is 12.1. The second kappa shape index (κ2) is 6.67. The number of hydrogen-bond donors (Lipinski definition) is 1. The summed E-state index contributed by atoms with van der Waals surface area (Å²) in [5, 5.41) is 10.3. The van der Waals surface area contributed by atoms with Gasteiger partial charge < -0.3 is 9.99 Å². The van der Waals surface area contributed by atoms with Gasteiger partial charge >= 0.3 is 0 Å². The van der Waals surface area contributed by atoms with Gasteiger partial charge in [0.15, 0.2) is 18.0 Å². The normalized spacial score (nSPS) is 10.9. The van der Waals surface area contributed by atoms with E-state index < -0.39 is 0 Å². The topological polar surface area (TPSA) is 43.6 Å². The Morgan fingerprint density at radius 1 is 1.00 bits per heavy atom. The Morgan fingerprint density at radius 3 is 2.57 bits per heavy atom. The molecule has 0 saturated heterocycles. The second-order valence-electron chi connectivity index (χ2n) is 4.50. The monoisotopic (exact) mass is 301 g/mol. The molecule has 0 aliphatic carbocycles. The molecule has 0 fully saturated rings. The van der Waals surface area contributed by atoms with Crippen molar-refractivity contribution in [1.82, 2.24) is 3.97 Å². The van der Waals surface area contributed by atoms with Crippen molar-refractivity contribution < 1.29 is 14.3 Å². The van der Waals surface area contributed by atoms with Crippen molar-refractivity contribution in [1.29, 1.82) is 0 Å². The van der Waals surface area contributed by atoms with Gasteiger partial charge in [0.2, 0.25) is 0 Å². The molecule has 1 N–H and O–H groups in total. The Morgan fingerprint density at radius 2 is 1.76 bits per heavy atom. The molecule has 1 aromatic heterocycles. The lowest BCUT2D eigenvalue weighted by atomic mass is 10.2. The third-order valence-electron chi connectivity index (χ3n) is 3.08. The minimum absolute atomic E-state index is 0.0937. The Kier molecular flexibility index (Phi) is 4.45. The highest BCUT2D eigenvalue weighted by Crippen LogP contribution is 2.26. The van der Waals surface area contributed by atoms with E-state index in [0.717, 1.165) is 28.8 Å². The molecule has 0 spiro atoms. The van der Waals surface area contributed by atoms with Gasteiger partial charge in [0, 0.05) is 24.1 Å². The summed E-state index contributed by atoms with van der Waals surface area (Å²) in [4.78, 5) is 5.24. The number of hydrogen-bond acceptors (Lipinski definition) is 4. The van der Waals surface area contributed by atoms with Crippen LogP contribution in [0, 0.1) is 0 Å². The number of aromatic nitrogens is 1. The van der Waals surface area contributed by atoms with Gasteiger partial charge in [-0.3, -0.25) is 3.97 Å². The summed E-state index contributed by atoms with van der Waals surface area (Å²) in [6.07, 6.45) is 0.566. The van der Waals surface area contributed by atoms with Crippen molar-refractivity contribution in [3.05, 3.63) is 66.4 Å². The molecule has 4 nitrogen and oxygen atoms in total. The molecule has 0 unspecified atom stereocenters. The fourth-order valence-electron chi connectivity index (χ4n) is 2.12. The van der Waals surface area contributed by atoms with Crippen LogP contribution in [-0.2, 0) is 10.8 Å². The van der Waals surface area contributed by atoms with Crippen LogP contribution in [0.3, 0.4) is 0 Å². The molecule has 3 rings (SSSR count). The van der Waals surface area contributed by atoms with Gasteiger partial charge in [-0.25, -0.2) is 0 Å². The molecule has 0 aliphatic heterocycles. The quantitative estimate of drug-likeness (QED) is 0.429. The van der Waals surface area contributed by atoms with Crippen molar-refractivity contribution in [2.75, 3.05) is 6.61 Å². The van der Waals surface area contributed by atoms with Crippen molar-refractivity contribution in [2.45, 2.75) is 6.42 Å². The largest absolute Gasteiger partial charge is 0.396 e. The van der Waals surface area contributed by atoms with Gasteiger partial charge in [-0.2, -0.15) is 0 Å². The summed E-state index contributed by atoms with van der Waals surface area (Å²) in [5.41, 5.74) is 2.02. The number of aliphatic hydroxyl groups excluding tert-OH is 1. The van der Waals surface area contributed by atoms with Gasteiger partial charge in [-0.15, -0.1) is 0 Å². The third-order valence-corrected chi connectivity index (χ3v) is 3.79. The number of nitrogens with zero attached hydrogens (tertiary/aromatic N) is 1. The lowest BCUT2D eigenvalue weighted by molar-refractivity contribution is -0.0786. The molecule has 0 radical (unpaired) electrons. The van der Waals surface area contributed by atoms with Crippen molar-refractivity contribution >= 4 is 23.1 Å². The lowest BCUT2D eigenvalue weighted by Gasteiger charge is -2.08. The summed E-state index contributed by atoms with van der Waals surface area (Å²) in [7, 11) is 0. The van der Waals surface area contributed by atoms with Gasteiger partial charge in [0.05, 0.1) is 5.52 Å². The number of benzene rings is 2. The van der Waals surface area contributed by atoms with Crippen molar-refractivity contribution in [3.63, 3.8) is 0 Å². The summed E-state index contributed by atoms with van der Waals surface area (Å²) < 4.78 is 7.18. The lowest BCUT2D eigenvalue weighted by Crippen LogP contribution is -2.00. The van der Waals surface area contributed by atoms with E-state index >= 15 is 0 Å². The predicted molar refractivity (Wildman–Crippen MR) is 83.9 cm³/mol. The first-order valence-electron chi connectivity index (χ1n) is 6.65. The highest BCUT2D eigenvalue weighted by molar-refractivity contribution is 7.93.